The molecule has 2 aromatic carbocycles. The number of fused-ring (bicyclic) bond motifs is 9. The van der Waals surface area contributed by atoms with Gasteiger partial charge < -0.3 is 14.6 Å². The van der Waals surface area contributed by atoms with E-state index >= 15 is 0 Å². The van der Waals surface area contributed by atoms with Crippen molar-refractivity contribution in [3.63, 3.8) is 0 Å². The van der Waals surface area contributed by atoms with Gasteiger partial charge in [-0.25, -0.2) is 4.90 Å². The second kappa shape index (κ2) is 11.0. The third-order valence-corrected chi connectivity index (χ3v) is 13.1. The van der Waals surface area contributed by atoms with Gasteiger partial charge in [-0.3, -0.25) is 19.2 Å². The van der Waals surface area contributed by atoms with Crippen LogP contribution in [-0.2, 0) is 20.6 Å². The molecule has 4 fully saturated rings. The Hall–Kier alpha value is -3.58. The maximum Gasteiger partial charge on any atom is 0.418 e. The van der Waals surface area contributed by atoms with Crippen molar-refractivity contribution >= 4 is 46.5 Å². The summed E-state index contributed by atoms with van der Waals surface area (Å²) in [4.78, 5) is 59.7. The Morgan fingerprint density at radius 2 is 1.63 bits per heavy atom. The standard InChI is InChI=1S/C33H30F3N3O5S2/c34-33(35,36)19-9-3-4-10-20(19)39-30(41)25-17-14-18(26(25)31(39)42)27-24(17)23(28-29(45-27)37-32(43)46-28)16-8-2-5-11-21(16)44-15-22(40)38-12-6-1-7-13-38/h2-5,8-11,17-18,23-27H,1,6-7,12-15H2,(H,37,43)/t17?,18?,23-,24?,25?,26?,27?/m1/s1. The van der Waals surface area contributed by atoms with E-state index < -0.39 is 41.1 Å². The number of ether oxygens (including phenoxy) is 1. The van der Waals surface area contributed by atoms with Crippen LogP contribution < -0.4 is 14.5 Å². The monoisotopic (exact) mass is 669 g/mol. The molecule has 13 heteroatoms. The Balaban J connectivity index is 1.15. The van der Waals surface area contributed by atoms with Crippen molar-refractivity contribution in [2.75, 3.05) is 24.6 Å². The summed E-state index contributed by atoms with van der Waals surface area (Å²) in [5, 5.41) is 0.562. The number of alkyl halides is 3. The smallest absolute Gasteiger partial charge is 0.418 e. The minimum atomic E-state index is -4.73. The SMILES string of the molecule is O=C(COc1ccccc1[C@H]1c2sc(=O)[nH]c2SC2C3CC(C4C(=O)N(c5ccccc5C(F)(F)F)C(=O)C34)C21)N1CCCCC1. The van der Waals surface area contributed by atoms with Crippen LogP contribution in [0.15, 0.2) is 58.4 Å². The number of nitrogens with one attached hydrogen (secondary N) is 1. The minimum absolute atomic E-state index is 0.0874. The van der Waals surface area contributed by atoms with Crippen LogP contribution in [0.3, 0.4) is 0 Å². The summed E-state index contributed by atoms with van der Waals surface area (Å²) >= 11 is 2.60. The summed E-state index contributed by atoms with van der Waals surface area (Å²) in [5.41, 5.74) is -0.647. The molecule has 2 aliphatic carbocycles. The first-order chi connectivity index (χ1) is 22.1. The molecular formula is C33H30F3N3O5S2. The summed E-state index contributed by atoms with van der Waals surface area (Å²) in [6.45, 7) is 1.29. The van der Waals surface area contributed by atoms with Crippen molar-refractivity contribution in [1.29, 1.82) is 0 Å². The molecule has 46 heavy (non-hydrogen) atoms. The van der Waals surface area contributed by atoms with Crippen LogP contribution in [0, 0.1) is 29.6 Å². The number of carbonyl (C=O) groups excluding carboxylic acids is 3. The van der Waals surface area contributed by atoms with Crippen molar-refractivity contribution in [2.45, 2.75) is 48.1 Å². The zero-order valence-corrected chi connectivity index (χ0v) is 26.1. The second-order valence-electron chi connectivity index (χ2n) is 12.8. The number of thioether (sulfide) groups is 1. The second-order valence-corrected chi connectivity index (χ2v) is 15.0. The van der Waals surface area contributed by atoms with Crippen molar-refractivity contribution in [2.24, 2.45) is 29.6 Å². The van der Waals surface area contributed by atoms with Crippen LogP contribution in [0.25, 0.3) is 0 Å². The predicted molar refractivity (Wildman–Crippen MR) is 165 cm³/mol. The van der Waals surface area contributed by atoms with E-state index in [0.29, 0.717) is 30.3 Å². The molecule has 3 aliphatic heterocycles. The topological polar surface area (TPSA) is 99.8 Å². The van der Waals surface area contributed by atoms with E-state index in [9.17, 15) is 32.3 Å². The summed E-state index contributed by atoms with van der Waals surface area (Å²) in [5.74, 6) is -3.30. The molecule has 8 nitrogen and oxygen atoms in total. The van der Waals surface area contributed by atoms with Gasteiger partial charge in [0.05, 0.1) is 28.1 Å². The number of halogens is 3. The molecule has 240 valence electrons. The fourth-order valence-corrected chi connectivity index (χ4v) is 11.6. The molecule has 0 spiro atoms. The number of rotatable bonds is 5. The number of para-hydroxylation sites is 2. The molecule has 1 aromatic heterocycles. The average Bonchev–Trinajstić information content (AvgIpc) is 3.78. The summed E-state index contributed by atoms with van der Waals surface area (Å²) in [6.07, 6.45) is -1.11. The van der Waals surface area contributed by atoms with E-state index in [4.69, 9.17) is 4.74 Å². The number of H-pyrrole nitrogens is 1. The number of hydrogen-bond acceptors (Lipinski definition) is 7. The number of amides is 3. The lowest BCUT2D eigenvalue weighted by molar-refractivity contribution is -0.137. The van der Waals surface area contributed by atoms with Crippen LogP contribution in [-0.4, -0.2) is 52.6 Å². The molecule has 1 N–H and O–H groups in total. The van der Waals surface area contributed by atoms with Crippen molar-refractivity contribution in [3.05, 3.63) is 74.2 Å². The largest absolute Gasteiger partial charge is 0.483 e. The minimum Gasteiger partial charge on any atom is -0.483 e. The lowest BCUT2D eigenvalue weighted by atomic mass is 9.68. The van der Waals surface area contributed by atoms with Crippen molar-refractivity contribution in [3.8, 4) is 5.75 Å². The zero-order chi connectivity index (χ0) is 31.9. The summed E-state index contributed by atoms with van der Waals surface area (Å²) < 4.78 is 48.1. The number of aromatic amines is 1. The number of hydrogen-bond donors (Lipinski definition) is 1. The summed E-state index contributed by atoms with van der Waals surface area (Å²) in [7, 11) is 0. The van der Waals surface area contributed by atoms with E-state index in [0.717, 1.165) is 52.0 Å². The van der Waals surface area contributed by atoms with Gasteiger partial charge in [0, 0.05) is 34.7 Å². The van der Waals surface area contributed by atoms with Gasteiger partial charge >= 0.3 is 11.0 Å². The van der Waals surface area contributed by atoms with E-state index in [2.05, 4.69) is 4.98 Å². The molecule has 4 heterocycles. The molecule has 3 amide bonds. The van der Waals surface area contributed by atoms with Crippen LogP contribution >= 0.6 is 23.1 Å². The number of carbonyl (C=O) groups is 3. The molecule has 2 saturated heterocycles. The quantitative estimate of drug-likeness (QED) is 0.359. The molecular weight excluding hydrogens is 640 g/mol. The van der Waals surface area contributed by atoms with Crippen LogP contribution in [0.4, 0.5) is 18.9 Å². The molecule has 3 aromatic rings. The highest BCUT2D eigenvalue weighted by Crippen LogP contribution is 2.69. The van der Waals surface area contributed by atoms with Crippen LogP contribution in [0.1, 0.15) is 47.6 Å². The lowest BCUT2D eigenvalue weighted by Crippen LogP contribution is -2.43. The van der Waals surface area contributed by atoms with Gasteiger partial charge in [-0.05, 0) is 61.6 Å². The molecule has 7 atom stereocenters. The van der Waals surface area contributed by atoms with Crippen LogP contribution in [0.2, 0.25) is 0 Å². The fraction of sp³-hybridized carbons (Fsp3) is 0.455. The number of likely N-dealkylation sites (tertiary alicyclic amines) is 1. The number of aromatic nitrogens is 1. The van der Waals surface area contributed by atoms with E-state index in [1.807, 2.05) is 23.1 Å². The van der Waals surface area contributed by atoms with E-state index in [1.165, 1.54) is 30.0 Å². The normalized spacial score (nSPS) is 29.9. The zero-order valence-electron chi connectivity index (χ0n) is 24.5. The fourth-order valence-electron chi connectivity index (χ4n) is 8.75. The van der Waals surface area contributed by atoms with Gasteiger partial charge in [0.1, 0.15) is 5.75 Å². The predicted octanol–water partition coefficient (Wildman–Crippen LogP) is 5.52. The number of anilines is 1. The Kier molecular flexibility index (Phi) is 7.13. The Labute approximate surface area is 270 Å². The number of imide groups is 1. The lowest BCUT2D eigenvalue weighted by Gasteiger charge is -2.43. The van der Waals surface area contributed by atoms with Crippen molar-refractivity contribution in [1.82, 2.24) is 9.88 Å². The van der Waals surface area contributed by atoms with E-state index in [1.54, 1.807) is 6.07 Å². The van der Waals surface area contributed by atoms with Crippen molar-refractivity contribution < 1.29 is 32.3 Å². The van der Waals surface area contributed by atoms with Gasteiger partial charge in [-0.2, -0.15) is 13.2 Å². The van der Waals surface area contributed by atoms with Gasteiger partial charge in [-0.15, -0.1) is 11.8 Å². The molecule has 0 radical (unpaired) electrons. The Bertz CT molecular complexity index is 1800. The number of benzene rings is 2. The van der Waals surface area contributed by atoms with Gasteiger partial charge in [0.2, 0.25) is 11.8 Å². The number of nitrogens with zero attached hydrogens (tertiary/aromatic N) is 2. The maximum absolute atomic E-state index is 14.0. The first kappa shape index (κ1) is 29.8. The average molecular weight is 670 g/mol. The first-order valence-electron chi connectivity index (χ1n) is 15.6. The van der Waals surface area contributed by atoms with E-state index in [-0.39, 0.29) is 46.3 Å². The third-order valence-electron chi connectivity index (χ3n) is 10.5. The highest BCUT2D eigenvalue weighted by atomic mass is 32.2. The van der Waals surface area contributed by atoms with Crippen LogP contribution in [0.5, 0.6) is 5.75 Å². The molecule has 8 rings (SSSR count). The highest BCUT2D eigenvalue weighted by molar-refractivity contribution is 8.00. The number of piperidine rings is 1. The van der Waals surface area contributed by atoms with Gasteiger partial charge in [0.25, 0.3) is 5.91 Å². The Morgan fingerprint density at radius 3 is 2.39 bits per heavy atom. The van der Waals surface area contributed by atoms with Gasteiger partial charge in [-0.1, -0.05) is 41.7 Å². The molecule has 6 unspecified atom stereocenters. The molecule has 2 saturated carbocycles. The molecule has 5 aliphatic rings. The van der Waals surface area contributed by atoms with Gasteiger partial charge in [0.15, 0.2) is 6.61 Å². The number of thiazole rings is 1. The maximum atomic E-state index is 14.0. The summed E-state index contributed by atoms with van der Waals surface area (Å²) in [6, 6.07) is 12.2. The molecule has 2 bridgehead atoms. The highest BCUT2D eigenvalue weighted by Gasteiger charge is 2.70. The third kappa shape index (κ3) is 4.56. The Morgan fingerprint density at radius 1 is 0.935 bits per heavy atom. The first-order valence-corrected chi connectivity index (χ1v) is 17.3.